The zero-order chi connectivity index (χ0) is 19.2. The molecular weight excluding hydrogens is 330 g/mol. The summed E-state index contributed by atoms with van der Waals surface area (Å²) in [5.74, 6) is -0.285. The molecule has 0 bridgehead atoms. The second-order valence-electron chi connectivity index (χ2n) is 8.43. The van der Waals surface area contributed by atoms with E-state index in [1.807, 2.05) is 24.1 Å². The van der Waals surface area contributed by atoms with E-state index in [2.05, 4.69) is 38.1 Å². The molecule has 1 aliphatic heterocycles. The Morgan fingerprint density at radius 1 is 1.46 bits per heavy atom. The average Bonchev–Trinajstić information content (AvgIpc) is 3.10. The van der Waals surface area contributed by atoms with Crippen LogP contribution in [-0.4, -0.2) is 39.4 Å². The maximum Gasteiger partial charge on any atom is 0.252 e. The maximum absolute atomic E-state index is 11.9. The second-order valence-corrected chi connectivity index (χ2v) is 8.43. The number of primary amides is 1. The van der Waals surface area contributed by atoms with Crippen molar-refractivity contribution in [1.82, 2.24) is 9.61 Å². The number of hydrogen-bond donors (Lipinski definition) is 3. The van der Waals surface area contributed by atoms with Crippen molar-refractivity contribution >= 4 is 22.8 Å². The number of carbonyl (C=O) groups excluding carboxylic acids is 1. The molecule has 1 aliphatic rings. The fraction of sp³-hybridized carbons (Fsp3) is 0.579. The van der Waals surface area contributed by atoms with Gasteiger partial charge in [-0.15, -0.1) is 0 Å². The van der Waals surface area contributed by atoms with Crippen LogP contribution < -0.4 is 16.0 Å². The molecule has 2 aromatic heterocycles. The molecule has 1 fully saturated rings. The summed E-state index contributed by atoms with van der Waals surface area (Å²) in [5.41, 5.74) is 8.31. The van der Waals surface area contributed by atoms with E-state index in [4.69, 9.17) is 5.73 Å². The van der Waals surface area contributed by atoms with Crippen molar-refractivity contribution in [1.29, 1.82) is 0 Å². The van der Waals surface area contributed by atoms with E-state index in [9.17, 15) is 9.90 Å². The minimum Gasteiger partial charge on any atom is -0.380 e. The lowest BCUT2D eigenvalue weighted by Crippen LogP contribution is -2.32. The Hall–Kier alpha value is -2.28. The number of nitrogens with two attached hydrogens (primary N) is 1. The first-order valence-electron chi connectivity index (χ1n) is 9.12. The van der Waals surface area contributed by atoms with Gasteiger partial charge in [0.2, 0.25) is 0 Å². The van der Waals surface area contributed by atoms with Crippen LogP contribution in [0.5, 0.6) is 0 Å². The molecule has 1 amide bonds. The van der Waals surface area contributed by atoms with Crippen LogP contribution in [0, 0.1) is 11.3 Å². The first-order chi connectivity index (χ1) is 12.1. The Labute approximate surface area is 154 Å². The highest BCUT2D eigenvalue weighted by Crippen LogP contribution is 2.33. The van der Waals surface area contributed by atoms with E-state index >= 15 is 0 Å². The van der Waals surface area contributed by atoms with Gasteiger partial charge in [0, 0.05) is 18.5 Å². The van der Waals surface area contributed by atoms with Gasteiger partial charge in [-0.25, -0.2) is 4.52 Å². The number of rotatable bonds is 4. The number of anilines is 2. The number of amides is 1. The minimum atomic E-state index is -0.513. The molecule has 0 saturated carbocycles. The fourth-order valence-corrected chi connectivity index (χ4v) is 3.18. The Kier molecular flexibility index (Phi) is 4.60. The highest BCUT2D eigenvalue weighted by Gasteiger charge is 2.31. The molecule has 26 heavy (non-hydrogen) atoms. The van der Waals surface area contributed by atoms with Gasteiger partial charge in [0.25, 0.3) is 5.91 Å². The molecular formula is C19H29N5O2. The number of nitrogens with zero attached hydrogens (tertiary/aromatic N) is 3. The van der Waals surface area contributed by atoms with Crippen molar-refractivity contribution in [3.63, 3.8) is 0 Å². The topological polar surface area (TPSA) is 95.9 Å². The molecule has 0 spiro atoms. The monoisotopic (exact) mass is 359 g/mol. The van der Waals surface area contributed by atoms with Gasteiger partial charge in [-0.3, -0.25) is 4.79 Å². The van der Waals surface area contributed by atoms with Gasteiger partial charge in [-0.05, 0) is 24.8 Å². The predicted molar refractivity (Wildman–Crippen MR) is 103 cm³/mol. The Bertz CT molecular complexity index is 823. The number of aromatic nitrogens is 2. The lowest BCUT2D eigenvalue weighted by atomic mass is 9.88. The van der Waals surface area contributed by atoms with Crippen LogP contribution >= 0.6 is 0 Å². The number of carbonyl (C=O) groups is 1. The molecule has 4 N–H and O–H groups in total. The summed E-state index contributed by atoms with van der Waals surface area (Å²) in [5, 5.41) is 18.2. The predicted octanol–water partition coefficient (Wildman–Crippen LogP) is 2.44. The maximum atomic E-state index is 11.9. The second kappa shape index (κ2) is 6.46. The summed E-state index contributed by atoms with van der Waals surface area (Å²) >= 11 is 0. The van der Waals surface area contributed by atoms with Crippen LogP contribution in [0.3, 0.4) is 0 Å². The normalized spacial score (nSPS) is 22.0. The first-order valence-corrected chi connectivity index (χ1v) is 9.12. The zero-order valence-corrected chi connectivity index (χ0v) is 16.2. The van der Waals surface area contributed by atoms with Crippen molar-refractivity contribution in [2.45, 2.75) is 53.3 Å². The van der Waals surface area contributed by atoms with Gasteiger partial charge < -0.3 is 21.1 Å². The summed E-state index contributed by atoms with van der Waals surface area (Å²) in [6.07, 6.45) is 3.82. The van der Waals surface area contributed by atoms with Crippen molar-refractivity contribution in [2.75, 3.05) is 16.8 Å². The summed E-state index contributed by atoms with van der Waals surface area (Å²) < 4.78 is 1.73. The molecule has 142 valence electrons. The molecule has 0 aliphatic carbocycles. The smallest absolute Gasteiger partial charge is 0.252 e. The standard InChI is InChI=1S/C19H29N5O2/c1-11-6-7-23(18(11)26)13-8-15-16(22-12(2)19(3,4)5)14(17(20)25)9-21-24(15)10-13/h8-12,18,22,26H,6-7H2,1-5H3,(H2,20,25)/t11?,12-,18?/m1/s1. The largest absolute Gasteiger partial charge is 0.380 e. The van der Waals surface area contributed by atoms with Crippen molar-refractivity contribution in [3.05, 3.63) is 24.0 Å². The Balaban J connectivity index is 2.08. The third-order valence-electron chi connectivity index (χ3n) is 5.53. The van der Waals surface area contributed by atoms with Gasteiger partial charge in [0.1, 0.15) is 6.23 Å². The molecule has 3 rings (SSSR count). The highest BCUT2D eigenvalue weighted by atomic mass is 16.3. The summed E-state index contributed by atoms with van der Waals surface area (Å²) in [6, 6.07) is 2.07. The van der Waals surface area contributed by atoms with Crippen molar-refractivity contribution < 1.29 is 9.90 Å². The van der Waals surface area contributed by atoms with Gasteiger partial charge in [0.15, 0.2) is 0 Å². The molecule has 3 heterocycles. The van der Waals surface area contributed by atoms with Crippen molar-refractivity contribution in [2.24, 2.45) is 17.1 Å². The number of nitrogens with one attached hydrogen (secondary N) is 1. The third kappa shape index (κ3) is 3.23. The Morgan fingerprint density at radius 2 is 2.15 bits per heavy atom. The van der Waals surface area contributed by atoms with E-state index in [-0.39, 0.29) is 17.4 Å². The minimum absolute atomic E-state index is 0.00514. The van der Waals surface area contributed by atoms with Crippen molar-refractivity contribution in [3.8, 4) is 0 Å². The molecule has 0 radical (unpaired) electrons. The SMILES string of the molecule is CC1CCN(c2cc3c(N[C@H](C)C(C)(C)C)c(C(N)=O)cnn3c2)C1O. The van der Waals surface area contributed by atoms with Crippen LogP contribution in [0.4, 0.5) is 11.4 Å². The molecule has 3 atom stereocenters. The summed E-state index contributed by atoms with van der Waals surface area (Å²) in [7, 11) is 0. The number of aliphatic hydroxyl groups excluding tert-OH is 1. The van der Waals surface area contributed by atoms with Crippen LogP contribution in [0.15, 0.2) is 18.5 Å². The van der Waals surface area contributed by atoms with Gasteiger partial charge in [0.05, 0.1) is 34.8 Å². The molecule has 7 heteroatoms. The lowest BCUT2D eigenvalue weighted by Gasteiger charge is -2.29. The number of hydrogen-bond acceptors (Lipinski definition) is 5. The zero-order valence-electron chi connectivity index (χ0n) is 16.2. The van der Waals surface area contributed by atoms with Crippen LogP contribution in [0.2, 0.25) is 0 Å². The third-order valence-corrected chi connectivity index (χ3v) is 5.53. The van der Waals surface area contributed by atoms with Gasteiger partial charge >= 0.3 is 0 Å². The molecule has 2 unspecified atom stereocenters. The summed E-state index contributed by atoms with van der Waals surface area (Å²) in [6.45, 7) is 11.3. The highest BCUT2D eigenvalue weighted by molar-refractivity contribution is 6.02. The van der Waals surface area contributed by atoms with Crippen LogP contribution in [0.25, 0.3) is 5.52 Å². The van der Waals surface area contributed by atoms with Crippen LogP contribution in [0.1, 0.15) is 51.4 Å². The fourth-order valence-electron chi connectivity index (χ4n) is 3.18. The Morgan fingerprint density at radius 3 is 2.69 bits per heavy atom. The number of aliphatic hydroxyl groups is 1. The molecule has 0 aromatic carbocycles. The van der Waals surface area contributed by atoms with E-state index in [1.54, 1.807) is 4.52 Å². The molecule has 1 saturated heterocycles. The quantitative estimate of drug-likeness (QED) is 0.779. The van der Waals surface area contributed by atoms with E-state index < -0.39 is 12.1 Å². The number of fused-ring (bicyclic) bond motifs is 1. The first kappa shape index (κ1) is 18.5. The van der Waals surface area contributed by atoms with Gasteiger partial charge in [-0.2, -0.15) is 5.10 Å². The molecule has 2 aromatic rings. The van der Waals surface area contributed by atoms with E-state index in [0.717, 1.165) is 24.2 Å². The molecule has 7 nitrogen and oxygen atoms in total. The lowest BCUT2D eigenvalue weighted by molar-refractivity contribution is 0.100. The van der Waals surface area contributed by atoms with Crippen LogP contribution in [-0.2, 0) is 0 Å². The van der Waals surface area contributed by atoms with E-state index in [1.165, 1.54) is 6.20 Å². The van der Waals surface area contributed by atoms with Gasteiger partial charge in [-0.1, -0.05) is 27.7 Å². The summed E-state index contributed by atoms with van der Waals surface area (Å²) in [4.78, 5) is 13.9. The average molecular weight is 359 g/mol. The van der Waals surface area contributed by atoms with E-state index in [0.29, 0.717) is 11.3 Å².